The molecule has 114 valence electrons. The second kappa shape index (κ2) is 7.00. The van der Waals surface area contributed by atoms with Gasteiger partial charge in [0.2, 0.25) is 0 Å². The fourth-order valence-corrected chi connectivity index (χ4v) is 4.48. The van der Waals surface area contributed by atoms with Crippen LogP contribution in [0, 0.1) is 0 Å². The van der Waals surface area contributed by atoms with Gasteiger partial charge < -0.3 is 5.32 Å². The smallest absolute Gasteiger partial charge is 0.282 e. The van der Waals surface area contributed by atoms with E-state index in [4.69, 9.17) is 0 Å². The summed E-state index contributed by atoms with van der Waals surface area (Å²) in [5.74, 6) is 0. The molecule has 0 spiro atoms. The van der Waals surface area contributed by atoms with Gasteiger partial charge in [0.05, 0.1) is 0 Å². The van der Waals surface area contributed by atoms with E-state index in [1.807, 2.05) is 24.6 Å². The Bertz CT molecular complexity index is 498. The lowest BCUT2D eigenvalue weighted by atomic mass is 10.4. The van der Waals surface area contributed by atoms with Crippen LogP contribution in [0.15, 0.2) is 17.5 Å². The van der Waals surface area contributed by atoms with Crippen molar-refractivity contribution in [3.63, 3.8) is 0 Å². The summed E-state index contributed by atoms with van der Waals surface area (Å²) in [6.45, 7) is 1.88. The van der Waals surface area contributed by atoms with Gasteiger partial charge in [0.1, 0.15) is 0 Å². The average molecular weight is 317 g/mol. The second-order valence-corrected chi connectivity index (χ2v) is 8.16. The summed E-state index contributed by atoms with van der Waals surface area (Å²) in [4.78, 5) is 1.10. The molecule has 1 saturated carbocycles. The van der Waals surface area contributed by atoms with E-state index in [1.165, 1.54) is 4.31 Å². The van der Waals surface area contributed by atoms with Gasteiger partial charge in [-0.15, -0.1) is 11.3 Å². The quantitative estimate of drug-likeness (QED) is 0.702. The summed E-state index contributed by atoms with van der Waals surface area (Å²) in [5, 5.41) is 5.03. The van der Waals surface area contributed by atoms with Gasteiger partial charge in [0, 0.05) is 31.1 Å². The second-order valence-electron chi connectivity index (χ2n) is 5.14. The van der Waals surface area contributed by atoms with Crippen molar-refractivity contribution in [1.29, 1.82) is 0 Å². The van der Waals surface area contributed by atoms with Crippen LogP contribution in [0.25, 0.3) is 0 Å². The van der Waals surface area contributed by atoms with Crippen LogP contribution in [0.3, 0.4) is 0 Å². The van der Waals surface area contributed by atoms with Crippen LogP contribution in [0.2, 0.25) is 0 Å². The molecule has 1 heterocycles. The first-order valence-corrected chi connectivity index (χ1v) is 9.23. The SMILES string of the molecule is CNCCCN(C)S(=O)(=O)N(Cc1cccs1)C1CC1. The molecule has 0 atom stereocenters. The highest BCUT2D eigenvalue weighted by molar-refractivity contribution is 7.86. The van der Waals surface area contributed by atoms with Gasteiger partial charge >= 0.3 is 0 Å². The molecule has 5 nitrogen and oxygen atoms in total. The molecule has 0 saturated heterocycles. The Morgan fingerprint density at radius 1 is 1.45 bits per heavy atom. The minimum absolute atomic E-state index is 0.189. The third-order valence-corrected chi connectivity index (χ3v) is 6.29. The van der Waals surface area contributed by atoms with E-state index in [0.717, 1.165) is 30.7 Å². The molecule has 0 aromatic carbocycles. The standard InChI is InChI=1S/C13H23N3O2S2/c1-14-8-4-9-15(2)20(17,18)16(12-6-7-12)11-13-5-3-10-19-13/h3,5,10,12,14H,4,6-9,11H2,1-2H3. The van der Waals surface area contributed by atoms with Gasteiger partial charge in [0.25, 0.3) is 10.2 Å². The summed E-state index contributed by atoms with van der Waals surface area (Å²) in [7, 11) is 0.203. The summed E-state index contributed by atoms with van der Waals surface area (Å²) in [6, 6.07) is 4.15. The van der Waals surface area contributed by atoms with Crippen molar-refractivity contribution >= 4 is 21.5 Å². The van der Waals surface area contributed by atoms with Gasteiger partial charge in [-0.3, -0.25) is 0 Å². The fourth-order valence-electron chi connectivity index (χ4n) is 2.09. The first kappa shape index (κ1) is 15.9. The molecule has 0 bridgehead atoms. The van der Waals surface area contributed by atoms with Crippen molar-refractivity contribution in [3.8, 4) is 0 Å². The van der Waals surface area contributed by atoms with Crippen LogP contribution in [0.4, 0.5) is 0 Å². The van der Waals surface area contributed by atoms with E-state index < -0.39 is 10.2 Å². The zero-order chi connectivity index (χ0) is 14.6. The lowest BCUT2D eigenvalue weighted by Crippen LogP contribution is -2.43. The third-order valence-electron chi connectivity index (χ3n) is 3.44. The number of nitrogens with zero attached hydrogens (tertiary/aromatic N) is 2. The predicted molar refractivity (Wildman–Crippen MR) is 83.0 cm³/mol. The molecule has 1 N–H and O–H groups in total. The van der Waals surface area contributed by atoms with E-state index in [-0.39, 0.29) is 6.04 Å². The lowest BCUT2D eigenvalue weighted by Gasteiger charge is -2.27. The normalized spacial score (nSPS) is 16.2. The molecule has 0 radical (unpaired) electrons. The zero-order valence-corrected chi connectivity index (χ0v) is 13.7. The zero-order valence-electron chi connectivity index (χ0n) is 12.1. The highest BCUT2D eigenvalue weighted by Crippen LogP contribution is 2.32. The van der Waals surface area contributed by atoms with Gasteiger partial charge in [0.15, 0.2) is 0 Å². The Balaban J connectivity index is 2.03. The van der Waals surface area contributed by atoms with Crippen molar-refractivity contribution in [2.24, 2.45) is 0 Å². The first-order chi connectivity index (χ1) is 9.55. The third kappa shape index (κ3) is 4.02. The monoisotopic (exact) mass is 317 g/mol. The molecular weight excluding hydrogens is 294 g/mol. The Kier molecular flexibility index (Phi) is 5.57. The number of nitrogens with one attached hydrogen (secondary N) is 1. The van der Waals surface area contributed by atoms with Crippen molar-refractivity contribution in [1.82, 2.24) is 13.9 Å². The maximum atomic E-state index is 12.7. The predicted octanol–water partition coefficient (Wildman–Crippen LogP) is 1.50. The maximum Gasteiger partial charge on any atom is 0.282 e. The minimum atomic E-state index is -3.35. The molecule has 0 aliphatic heterocycles. The first-order valence-electron chi connectivity index (χ1n) is 6.96. The van der Waals surface area contributed by atoms with Crippen LogP contribution >= 0.6 is 11.3 Å². The highest BCUT2D eigenvalue weighted by Gasteiger charge is 2.39. The summed E-state index contributed by atoms with van der Waals surface area (Å²) in [5.41, 5.74) is 0. The van der Waals surface area contributed by atoms with Crippen molar-refractivity contribution < 1.29 is 8.42 Å². The van der Waals surface area contributed by atoms with Crippen LogP contribution in [-0.2, 0) is 16.8 Å². The van der Waals surface area contributed by atoms with Gasteiger partial charge in [-0.2, -0.15) is 17.0 Å². The maximum absolute atomic E-state index is 12.7. The average Bonchev–Trinajstić information content (AvgIpc) is 3.12. The number of hydrogen-bond donors (Lipinski definition) is 1. The molecule has 1 aliphatic rings. The molecular formula is C13H23N3O2S2. The van der Waals surface area contributed by atoms with Gasteiger partial charge in [-0.25, -0.2) is 0 Å². The number of rotatable bonds is 9. The van der Waals surface area contributed by atoms with Gasteiger partial charge in [-0.1, -0.05) is 6.07 Å². The van der Waals surface area contributed by atoms with Crippen LogP contribution in [-0.4, -0.2) is 50.3 Å². The Morgan fingerprint density at radius 2 is 2.20 bits per heavy atom. The van der Waals surface area contributed by atoms with E-state index in [2.05, 4.69) is 5.32 Å². The van der Waals surface area contributed by atoms with Crippen LogP contribution in [0.1, 0.15) is 24.1 Å². The molecule has 1 fully saturated rings. The van der Waals surface area contributed by atoms with Crippen molar-refractivity contribution in [3.05, 3.63) is 22.4 Å². The van der Waals surface area contributed by atoms with E-state index in [9.17, 15) is 8.42 Å². The van der Waals surface area contributed by atoms with Crippen LogP contribution in [0.5, 0.6) is 0 Å². The Labute approximate surface area is 125 Å². The highest BCUT2D eigenvalue weighted by atomic mass is 32.2. The van der Waals surface area contributed by atoms with E-state index in [0.29, 0.717) is 13.1 Å². The van der Waals surface area contributed by atoms with Crippen molar-refractivity contribution in [2.45, 2.75) is 31.8 Å². The number of hydrogen-bond acceptors (Lipinski definition) is 4. The van der Waals surface area contributed by atoms with E-state index in [1.54, 1.807) is 22.7 Å². The molecule has 1 aromatic rings. The van der Waals surface area contributed by atoms with Crippen molar-refractivity contribution in [2.75, 3.05) is 27.2 Å². The van der Waals surface area contributed by atoms with E-state index >= 15 is 0 Å². The molecule has 7 heteroatoms. The van der Waals surface area contributed by atoms with Crippen LogP contribution < -0.4 is 5.32 Å². The molecule has 1 aromatic heterocycles. The minimum Gasteiger partial charge on any atom is -0.320 e. The Morgan fingerprint density at radius 3 is 2.75 bits per heavy atom. The molecule has 0 amide bonds. The topological polar surface area (TPSA) is 52.7 Å². The fraction of sp³-hybridized carbons (Fsp3) is 0.692. The molecule has 0 unspecified atom stereocenters. The summed E-state index contributed by atoms with van der Waals surface area (Å²) in [6.07, 6.45) is 2.79. The number of thiophene rings is 1. The molecule has 1 aliphatic carbocycles. The molecule has 20 heavy (non-hydrogen) atoms. The molecule has 2 rings (SSSR count). The Hall–Kier alpha value is -0.470. The summed E-state index contributed by atoms with van der Waals surface area (Å²) < 4.78 is 28.5. The summed E-state index contributed by atoms with van der Waals surface area (Å²) >= 11 is 1.61. The lowest BCUT2D eigenvalue weighted by molar-refractivity contribution is 0.347. The van der Waals surface area contributed by atoms with Gasteiger partial charge in [-0.05, 0) is 44.3 Å². The largest absolute Gasteiger partial charge is 0.320 e.